The van der Waals surface area contributed by atoms with Crippen LogP contribution in [-0.4, -0.2) is 27.4 Å². The fourth-order valence-corrected chi connectivity index (χ4v) is 3.98. The first-order valence-corrected chi connectivity index (χ1v) is 9.25. The topological polar surface area (TPSA) is 88.8 Å². The molecule has 0 fully saturated rings. The Morgan fingerprint density at radius 3 is 2.66 bits per heavy atom. The highest BCUT2D eigenvalue weighted by molar-refractivity contribution is 5.99. The number of hydrogen-bond donors (Lipinski definition) is 2. The maximum atomic E-state index is 12.7. The predicted octanol–water partition coefficient (Wildman–Crippen LogP) is 4.18. The average molecular weight is 387 g/mol. The first-order valence-electron chi connectivity index (χ1n) is 9.25. The van der Waals surface area contributed by atoms with E-state index in [4.69, 9.17) is 4.74 Å². The summed E-state index contributed by atoms with van der Waals surface area (Å²) in [5.74, 6) is -0.447. The molecule has 1 aliphatic heterocycles. The van der Waals surface area contributed by atoms with Crippen molar-refractivity contribution in [1.82, 2.24) is 4.57 Å². The molecule has 0 amide bonds. The second kappa shape index (κ2) is 6.10. The van der Waals surface area contributed by atoms with Crippen LogP contribution in [-0.2, 0) is 0 Å². The Kier molecular flexibility index (Phi) is 3.64. The third kappa shape index (κ3) is 2.56. The molecule has 0 aliphatic carbocycles. The highest BCUT2D eigenvalue weighted by Gasteiger charge is 2.26. The number of phenols is 1. The number of hydrogen-bond acceptors (Lipinski definition) is 4. The van der Waals surface area contributed by atoms with Crippen LogP contribution in [0.3, 0.4) is 0 Å². The van der Waals surface area contributed by atoms with Gasteiger partial charge in [0.1, 0.15) is 17.9 Å². The second-order valence-electron chi connectivity index (χ2n) is 7.33. The number of rotatable bonds is 2. The van der Waals surface area contributed by atoms with Gasteiger partial charge in [-0.2, -0.15) is 0 Å². The monoisotopic (exact) mass is 387 g/mol. The van der Waals surface area contributed by atoms with E-state index >= 15 is 0 Å². The van der Waals surface area contributed by atoms with Gasteiger partial charge in [0.15, 0.2) is 5.75 Å². The van der Waals surface area contributed by atoms with Gasteiger partial charge in [0.05, 0.1) is 16.9 Å². The highest BCUT2D eigenvalue weighted by atomic mass is 16.5. The van der Waals surface area contributed by atoms with Crippen molar-refractivity contribution in [2.75, 3.05) is 6.61 Å². The minimum absolute atomic E-state index is 0.0986. The van der Waals surface area contributed by atoms with Crippen LogP contribution in [0.1, 0.15) is 23.3 Å². The summed E-state index contributed by atoms with van der Waals surface area (Å²) in [7, 11) is 0. The normalized spacial score (nSPS) is 15.4. The first-order chi connectivity index (χ1) is 13.9. The standard InChI is InChI=1S/C23H17NO5/c1-12-11-29-22-17(15-3-2-14-9-16(25)5-4-13(14)8-15)6-7-18-20(22)24(12)10-19(21(18)26)23(27)28/h2-10,12,25H,11H2,1H3,(H,27,28). The maximum absolute atomic E-state index is 12.7. The fraction of sp³-hybridized carbons (Fsp3) is 0.130. The lowest BCUT2D eigenvalue weighted by atomic mass is 9.97. The van der Waals surface area contributed by atoms with Gasteiger partial charge in [0, 0.05) is 11.8 Å². The van der Waals surface area contributed by atoms with Crippen LogP contribution in [0.5, 0.6) is 11.5 Å². The van der Waals surface area contributed by atoms with Gasteiger partial charge >= 0.3 is 5.97 Å². The van der Waals surface area contributed by atoms with Crippen molar-refractivity contribution >= 4 is 27.6 Å². The molecule has 1 unspecified atom stereocenters. The molecule has 144 valence electrons. The van der Waals surface area contributed by atoms with Crippen molar-refractivity contribution in [3.63, 3.8) is 0 Å². The van der Waals surface area contributed by atoms with Crippen molar-refractivity contribution in [1.29, 1.82) is 0 Å². The van der Waals surface area contributed by atoms with Gasteiger partial charge in [-0.05, 0) is 53.6 Å². The van der Waals surface area contributed by atoms with E-state index in [-0.39, 0.29) is 17.4 Å². The number of pyridine rings is 1. The number of phenolic OH excluding ortho intramolecular Hbond substituents is 1. The number of nitrogens with zero attached hydrogens (tertiary/aromatic N) is 1. The summed E-state index contributed by atoms with van der Waals surface area (Å²) >= 11 is 0. The van der Waals surface area contributed by atoms with Crippen LogP contribution in [0, 0.1) is 0 Å². The number of carbonyl (C=O) groups is 1. The van der Waals surface area contributed by atoms with E-state index in [1.54, 1.807) is 24.3 Å². The minimum atomic E-state index is -1.23. The summed E-state index contributed by atoms with van der Waals surface area (Å²) in [6.45, 7) is 2.30. The summed E-state index contributed by atoms with van der Waals surface area (Å²) in [6.07, 6.45) is 1.41. The Morgan fingerprint density at radius 2 is 1.86 bits per heavy atom. The van der Waals surface area contributed by atoms with E-state index in [9.17, 15) is 19.8 Å². The summed E-state index contributed by atoms with van der Waals surface area (Å²) < 4.78 is 7.85. The molecule has 0 saturated heterocycles. The number of aromatic hydroxyl groups is 1. The molecule has 2 heterocycles. The molecule has 0 spiro atoms. The lowest BCUT2D eigenvalue weighted by molar-refractivity contribution is 0.0694. The summed E-state index contributed by atoms with van der Waals surface area (Å²) in [5, 5.41) is 21.3. The summed E-state index contributed by atoms with van der Waals surface area (Å²) in [6, 6.07) is 14.4. The zero-order chi connectivity index (χ0) is 20.3. The van der Waals surface area contributed by atoms with E-state index < -0.39 is 11.4 Å². The molecule has 6 nitrogen and oxygen atoms in total. The summed E-state index contributed by atoms with van der Waals surface area (Å²) in [4.78, 5) is 24.2. The molecule has 2 N–H and O–H groups in total. The van der Waals surface area contributed by atoms with E-state index in [1.807, 2.05) is 35.8 Å². The molecule has 4 aromatic rings. The molecule has 1 aromatic heterocycles. The first kappa shape index (κ1) is 17.3. The largest absolute Gasteiger partial charge is 0.508 e. The smallest absolute Gasteiger partial charge is 0.341 e. The van der Waals surface area contributed by atoms with Crippen molar-refractivity contribution in [2.45, 2.75) is 13.0 Å². The Bertz CT molecular complexity index is 1390. The molecule has 0 radical (unpaired) electrons. The fourth-order valence-electron chi connectivity index (χ4n) is 3.98. The van der Waals surface area contributed by atoms with Gasteiger partial charge < -0.3 is 19.5 Å². The van der Waals surface area contributed by atoms with Crippen LogP contribution in [0.2, 0.25) is 0 Å². The molecule has 29 heavy (non-hydrogen) atoms. The Hall–Kier alpha value is -3.80. The number of carboxylic acids is 1. The van der Waals surface area contributed by atoms with Crippen molar-refractivity contribution in [3.8, 4) is 22.6 Å². The molecule has 5 rings (SSSR count). The lowest BCUT2D eigenvalue weighted by Gasteiger charge is -2.28. The van der Waals surface area contributed by atoms with Crippen LogP contribution in [0.4, 0.5) is 0 Å². The molecule has 1 aliphatic rings. The minimum Gasteiger partial charge on any atom is -0.508 e. The third-order valence-electron chi connectivity index (χ3n) is 5.46. The van der Waals surface area contributed by atoms with Crippen molar-refractivity contribution in [2.24, 2.45) is 0 Å². The number of ether oxygens (including phenoxy) is 1. The molecule has 1 atom stereocenters. The maximum Gasteiger partial charge on any atom is 0.341 e. The second-order valence-corrected chi connectivity index (χ2v) is 7.33. The Balaban J connectivity index is 1.81. The number of aromatic nitrogens is 1. The quantitative estimate of drug-likeness (QED) is 0.539. The predicted molar refractivity (Wildman–Crippen MR) is 110 cm³/mol. The van der Waals surface area contributed by atoms with E-state index in [0.717, 1.165) is 21.9 Å². The molecule has 6 heteroatoms. The highest BCUT2D eigenvalue weighted by Crippen LogP contribution is 2.40. The van der Waals surface area contributed by atoms with Crippen molar-refractivity contribution in [3.05, 3.63) is 70.5 Å². The Labute approximate surface area is 165 Å². The van der Waals surface area contributed by atoms with Crippen LogP contribution in [0.25, 0.3) is 32.8 Å². The molecular weight excluding hydrogens is 370 g/mol. The van der Waals surface area contributed by atoms with Gasteiger partial charge in [-0.3, -0.25) is 4.79 Å². The van der Waals surface area contributed by atoms with E-state index in [1.165, 1.54) is 6.20 Å². The van der Waals surface area contributed by atoms with Gasteiger partial charge in [0.2, 0.25) is 5.43 Å². The number of fused-ring (bicyclic) bond motifs is 1. The Morgan fingerprint density at radius 1 is 1.10 bits per heavy atom. The van der Waals surface area contributed by atoms with E-state index in [2.05, 4.69) is 0 Å². The van der Waals surface area contributed by atoms with E-state index in [0.29, 0.717) is 23.3 Å². The zero-order valence-electron chi connectivity index (χ0n) is 15.5. The van der Waals surface area contributed by atoms with Crippen LogP contribution >= 0.6 is 0 Å². The zero-order valence-corrected chi connectivity index (χ0v) is 15.5. The number of aromatic carboxylic acids is 1. The average Bonchev–Trinajstić information content (AvgIpc) is 2.71. The van der Waals surface area contributed by atoms with Crippen LogP contribution < -0.4 is 10.2 Å². The van der Waals surface area contributed by atoms with Crippen LogP contribution in [0.15, 0.2) is 59.5 Å². The lowest BCUT2D eigenvalue weighted by Crippen LogP contribution is -2.26. The summed E-state index contributed by atoms with van der Waals surface area (Å²) in [5.41, 5.74) is 1.60. The molecular formula is C23H17NO5. The van der Waals surface area contributed by atoms with Crippen molar-refractivity contribution < 1.29 is 19.7 Å². The van der Waals surface area contributed by atoms with Gasteiger partial charge in [-0.25, -0.2) is 4.79 Å². The van der Waals surface area contributed by atoms with Gasteiger partial charge in [0.25, 0.3) is 0 Å². The molecule has 0 saturated carbocycles. The molecule has 3 aromatic carbocycles. The number of carboxylic acid groups (broad SMARTS) is 1. The SMILES string of the molecule is CC1COc2c(-c3ccc4cc(O)ccc4c3)ccc3c(=O)c(C(=O)O)cn1c23. The third-order valence-corrected chi connectivity index (χ3v) is 5.46. The number of benzene rings is 3. The van der Waals surface area contributed by atoms with Gasteiger partial charge in [-0.1, -0.05) is 18.2 Å². The van der Waals surface area contributed by atoms with Gasteiger partial charge in [-0.15, -0.1) is 0 Å². The molecule has 0 bridgehead atoms.